The quantitative estimate of drug-likeness (QED) is 0.669. The fraction of sp³-hybridized carbons (Fsp3) is 0.269. The summed E-state index contributed by atoms with van der Waals surface area (Å²) in [5.41, 5.74) is 8.10. The number of nitrogens with zero attached hydrogens (tertiary/aromatic N) is 1. The van der Waals surface area contributed by atoms with Gasteiger partial charge in [-0.2, -0.15) is 0 Å². The molecule has 0 amide bonds. The molecule has 0 unspecified atom stereocenters. The van der Waals surface area contributed by atoms with Crippen molar-refractivity contribution in [3.63, 3.8) is 0 Å². The highest BCUT2D eigenvalue weighted by Crippen LogP contribution is 2.31. The maximum Gasteiger partial charge on any atom is 0.0540 e. The fourth-order valence-electron chi connectivity index (χ4n) is 4.08. The van der Waals surface area contributed by atoms with Gasteiger partial charge in [-0.3, -0.25) is 0 Å². The molecule has 1 heterocycles. The van der Waals surface area contributed by atoms with E-state index < -0.39 is 0 Å². The van der Waals surface area contributed by atoms with Crippen LogP contribution in [0.5, 0.6) is 0 Å². The third-order valence-corrected chi connectivity index (χ3v) is 5.58. The molecule has 0 atom stereocenters. The fourth-order valence-corrected chi connectivity index (χ4v) is 4.08. The predicted molar refractivity (Wildman–Crippen MR) is 120 cm³/mol. The smallest absolute Gasteiger partial charge is 0.0540 e. The zero-order valence-electron chi connectivity index (χ0n) is 16.6. The average Bonchev–Trinajstić information content (AvgIpc) is 3.27. The molecular formula is C26H28N2. The minimum atomic E-state index is 0.547. The molecule has 1 aliphatic carbocycles. The molecule has 1 saturated heterocycles. The third-order valence-electron chi connectivity index (χ3n) is 5.58. The van der Waals surface area contributed by atoms with Crippen molar-refractivity contribution in [1.29, 1.82) is 5.41 Å². The summed E-state index contributed by atoms with van der Waals surface area (Å²) in [5, 5.41) is 7.83. The first-order valence-corrected chi connectivity index (χ1v) is 10.4. The molecule has 0 spiro atoms. The van der Waals surface area contributed by atoms with E-state index in [4.69, 9.17) is 5.41 Å². The van der Waals surface area contributed by atoms with Crippen molar-refractivity contribution < 1.29 is 0 Å². The Labute approximate surface area is 168 Å². The van der Waals surface area contributed by atoms with Crippen molar-refractivity contribution in [2.75, 3.05) is 18.0 Å². The van der Waals surface area contributed by atoms with E-state index in [9.17, 15) is 0 Å². The monoisotopic (exact) mass is 368 g/mol. The summed E-state index contributed by atoms with van der Waals surface area (Å²) >= 11 is 0. The van der Waals surface area contributed by atoms with Crippen molar-refractivity contribution in [3.05, 3.63) is 95.1 Å². The lowest BCUT2D eigenvalue weighted by molar-refractivity contribution is 0.922. The van der Waals surface area contributed by atoms with E-state index in [0.29, 0.717) is 5.71 Å². The van der Waals surface area contributed by atoms with Gasteiger partial charge in [0.1, 0.15) is 0 Å². The van der Waals surface area contributed by atoms with E-state index >= 15 is 0 Å². The molecule has 0 saturated carbocycles. The predicted octanol–water partition coefficient (Wildman–Crippen LogP) is 6.19. The minimum absolute atomic E-state index is 0.547. The van der Waals surface area contributed by atoms with Crippen molar-refractivity contribution in [1.82, 2.24) is 0 Å². The summed E-state index contributed by atoms with van der Waals surface area (Å²) in [6.07, 6.45) is 12.7. The van der Waals surface area contributed by atoms with Crippen molar-refractivity contribution >= 4 is 17.0 Å². The summed E-state index contributed by atoms with van der Waals surface area (Å²) < 4.78 is 0. The largest absolute Gasteiger partial charge is 0.372 e. The van der Waals surface area contributed by atoms with Crippen LogP contribution in [-0.4, -0.2) is 18.8 Å². The topological polar surface area (TPSA) is 27.1 Å². The van der Waals surface area contributed by atoms with Crippen LogP contribution in [0.25, 0.3) is 5.57 Å². The van der Waals surface area contributed by atoms with Crippen LogP contribution in [-0.2, 0) is 6.42 Å². The number of nitrogens with one attached hydrogen (secondary N) is 1. The minimum Gasteiger partial charge on any atom is -0.372 e. The molecule has 28 heavy (non-hydrogen) atoms. The Kier molecular flexibility index (Phi) is 5.57. The number of benzene rings is 2. The summed E-state index contributed by atoms with van der Waals surface area (Å²) in [7, 11) is 0. The molecule has 1 aliphatic heterocycles. The standard InChI is InChI=1S/C26H28N2/c1-2-5-20-6-8-21(9-7-20)26(22-10-14-24(27)15-11-22)23-12-16-25(17-13-23)28-18-3-4-19-28/h6-17,27H,2-5,18-19H2,1H3. The van der Waals surface area contributed by atoms with Gasteiger partial charge in [0.25, 0.3) is 0 Å². The Morgan fingerprint density at radius 1 is 0.821 bits per heavy atom. The number of anilines is 1. The molecule has 1 N–H and O–H groups in total. The van der Waals surface area contributed by atoms with Gasteiger partial charge in [-0.1, -0.05) is 61.9 Å². The third kappa shape index (κ3) is 4.01. The van der Waals surface area contributed by atoms with Crippen LogP contribution in [0.1, 0.15) is 42.9 Å². The zero-order chi connectivity index (χ0) is 19.3. The van der Waals surface area contributed by atoms with Crippen LogP contribution in [0.4, 0.5) is 5.69 Å². The van der Waals surface area contributed by atoms with Crippen LogP contribution in [0, 0.1) is 5.41 Å². The van der Waals surface area contributed by atoms with E-state index in [1.807, 2.05) is 12.2 Å². The molecule has 0 radical (unpaired) electrons. The number of hydrogen-bond acceptors (Lipinski definition) is 2. The van der Waals surface area contributed by atoms with Gasteiger partial charge < -0.3 is 10.3 Å². The van der Waals surface area contributed by atoms with E-state index in [1.54, 1.807) is 0 Å². The molecule has 2 aromatic rings. The Morgan fingerprint density at radius 3 is 1.96 bits per heavy atom. The summed E-state index contributed by atoms with van der Waals surface area (Å²) in [4.78, 5) is 2.47. The molecule has 2 aliphatic rings. The first-order valence-electron chi connectivity index (χ1n) is 10.4. The molecule has 2 heteroatoms. The van der Waals surface area contributed by atoms with Crippen LogP contribution in [0.15, 0.2) is 78.4 Å². The molecule has 2 nitrogen and oxygen atoms in total. The van der Waals surface area contributed by atoms with Gasteiger partial charge >= 0.3 is 0 Å². The number of aryl methyl sites for hydroxylation is 1. The molecule has 142 valence electrons. The second-order valence-electron chi connectivity index (χ2n) is 7.64. The normalized spacial score (nSPS) is 16.1. The van der Waals surface area contributed by atoms with Crippen LogP contribution in [0.3, 0.4) is 0 Å². The van der Waals surface area contributed by atoms with Crippen LogP contribution < -0.4 is 4.90 Å². The highest BCUT2D eigenvalue weighted by Gasteiger charge is 2.14. The van der Waals surface area contributed by atoms with Crippen molar-refractivity contribution in [3.8, 4) is 0 Å². The van der Waals surface area contributed by atoms with Gasteiger partial charge in [0, 0.05) is 18.8 Å². The molecule has 0 bridgehead atoms. The van der Waals surface area contributed by atoms with Crippen molar-refractivity contribution in [2.24, 2.45) is 0 Å². The van der Waals surface area contributed by atoms with E-state index in [2.05, 4.69) is 72.5 Å². The highest BCUT2D eigenvalue weighted by molar-refractivity contribution is 6.05. The van der Waals surface area contributed by atoms with Gasteiger partial charge in [0.15, 0.2) is 0 Å². The van der Waals surface area contributed by atoms with E-state index in [0.717, 1.165) is 12.0 Å². The Morgan fingerprint density at radius 2 is 1.39 bits per heavy atom. The average molecular weight is 369 g/mol. The van der Waals surface area contributed by atoms with Gasteiger partial charge in [0.2, 0.25) is 0 Å². The van der Waals surface area contributed by atoms with Gasteiger partial charge in [-0.15, -0.1) is 0 Å². The van der Waals surface area contributed by atoms with E-state index in [-0.39, 0.29) is 0 Å². The zero-order valence-corrected chi connectivity index (χ0v) is 16.6. The molecule has 2 aromatic carbocycles. The van der Waals surface area contributed by atoms with Gasteiger partial charge in [0.05, 0.1) is 5.71 Å². The van der Waals surface area contributed by atoms with Gasteiger partial charge in [-0.05, 0) is 71.4 Å². The lowest BCUT2D eigenvalue weighted by atomic mass is 9.90. The lowest BCUT2D eigenvalue weighted by Gasteiger charge is -2.19. The van der Waals surface area contributed by atoms with Crippen LogP contribution >= 0.6 is 0 Å². The molecule has 4 rings (SSSR count). The molecular weight excluding hydrogens is 340 g/mol. The van der Waals surface area contributed by atoms with Crippen LogP contribution in [0.2, 0.25) is 0 Å². The summed E-state index contributed by atoms with van der Waals surface area (Å²) in [5.74, 6) is 0. The van der Waals surface area contributed by atoms with E-state index in [1.165, 1.54) is 60.3 Å². The SMILES string of the molecule is CCCc1ccc(C(=C2C=CC(=N)C=C2)c2ccc(N3CCCC3)cc2)cc1. The van der Waals surface area contributed by atoms with Gasteiger partial charge in [-0.25, -0.2) is 0 Å². The summed E-state index contributed by atoms with van der Waals surface area (Å²) in [6.45, 7) is 4.55. The second kappa shape index (κ2) is 8.43. The lowest BCUT2D eigenvalue weighted by Crippen LogP contribution is -2.17. The number of hydrogen-bond donors (Lipinski definition) is 1. The Bertz CT molecular complexity index is 903. The first-order chi connectivity index (χ1) is 13.7. The second-order valence-corrected chi connectivity index (χ2v) is 7.64. The molecule has 0 aromatic heterocycles. The number of allylic oxidation sites excluding steroid dienone is 5. The summed E-state index contributed by atoms with van der Waals surface area (Å²) in [6, 6.07) is 18.0. The molecule has 1 fully saturated rings. The maximum absolute atomic E-state index is 7.83. The first kappa shape index (κ1) is 18.5. The number of rotatable bonds is 5. The van der Waals surface area contributed by atoms with Crippen molar-refractivity contribution in [2.45, 2.75) is 32.6 Å². The highest BCUT2D eigenvalue weighted by atomic mass is 15.1. The maximum atomic E-state index is 7.83. The Hall–Kier alpha value is -2.87. The Balaban J connectivity index is 1.73.